The van der Waals surface area contributed by atoms with Gasteiger partial charge in [0.1, 0.15) is 5.76 Å². The molecule has 0 fully saturated rings. The van der Waals surface area contributed by atoms with Gasteiger partial charge in [-0.2, -0.15) is 0 Å². The number of aromatic nitrogens is 1. The number of hydrogen-bond acceptors (Lipinski definition) is 4. The highest BCUT2D eigenvalue weighted by Gasteiger charge is 2.20. The lowest BCUT2D eigenvalue weighted by molar-refractivity contribution is 0.466. The van der Waals surface area contributed by atoms with E-state index in [1.165, 1.54) is 0 Å². The summed E-state index contributed by atoms with van der Waals surface area (Å²) in [5.74, 6) is 1.07. The third-order valence-corrected chi connectivity index (χ3v) is 5.00. The summed E-state index contributed by atoms with van der Waals surface area (Å²) in [6.07, 6.45) is 0. The van der Waals surface area contributed by atoms with E-state index in [1.807, 2.05) is 19.1 Å². The summed E-state index contributed by atoms with van der Waals surface area (Å²) in [5.41, 5.74) is 3.23. The second kappa shape index (κ2) is 5.61. The lowest BCUT2D eigenvalue weighted by Crippen LogP contribution is -2.25. The average molecular weight is 308 g/mol. The molecule has 1 aromatic heterocycles. The van der Waals surface area contributed by atoms with Gasteiger partial charge >= 0.3 is 0 Å². The summed E-state index contributed by atoms with van der Waals surface area (Å²) in [4.78, 5) is 4.46. The third-order valence-electron chi connectivity index (χ3n) is 3.30. The molecule has 21 heavy (non-hydrogen) atoms. The first kappa shape index (κ1) is 15.7. The zero-order chi connectivity index (χ0) is 15.8. The molecule has 1 aromatic carbocycles. The van der Waals surface area contributed by atoms with Crippen molar-refractivity contribution in [3.63, 3.8) is 0 Å². The molecule has 0 aliphatic heterocycles. The van der Waals surface area contributed by atoms with Crippen LogP contribution in [-0.2, 0) is 16.6 Å². The summed E-state index contributed by atoms with van der Waals surface area (Å²) in [7, 11) is -3.58. The summed E-state index contributed by atoms with van der Waals surface area (Å²) >= 11 is 0. The Labute approximate surface area is 125 Å². The Balaban J connectivity index is 2.29. The number of hydrogen-bond donors (Lipinski definition) is 1. The highest BCUT2D eigenvalue weighted by Crippen LogP contribution is 2.22. The van der Waals surface area contributed by atoms with Crippen molar-refractivity contribution in [1.29, 1.82) is 0 Å². The molecule has 0 aliphatic rings. The molecule has 1 N–H and O–H groups in total. The zero-order valence-electron chi connectivity index (χ0n) is 12.9. The van der Waals surface area contributed by atoms with Gasteiger partial charge in [-0.1, -0.05) is 17.7 Å². The van der Waals surface area contributed by atoms with Gasteiger partial charge in [-0.3, -0.25) is 0 Å². The molecule has 6 heteroatoms. The van der Waals surface area contributed by atoms with E-state index in [4.69, 9.17) is 4.42 Å². The van der Waals surface area contributed by atoms with Crippen molar-refractivity contribution in [1.82, 2.24) is 9.71 Å². The Bertz CT molecular complexity index is 753. The van der Waals surface area contributed by atoms with Crippen LogP contribution in [0, 0.1) is 34.6 Å². The molecule has 0 spiro atoms. The topological polar surface area (TPSA) is 72.2 Å². The highest BCUT2D eigenvalue weighted by atomic mass is 32.2. The maximum atomic E-state index is 12.5. The van der Waals surface area contributed by atoms with Crippen molar-refractivity contribution < 1.29 is 12.8 Å². The molecule has 5 nitrogen and oxygen atoms in total. The van der Waals surface area contributed by atoms with Crippen molar-refractivity contribution in [2.75, 3.05) is 0 Å². The van der Waals surface area contributed by atoms with E-state index < -0.39 is 10.0 Å². The van der Waals surface area contributed by atoms with Gasteiger partial charge < -0.3 is 4.42 Å². The Morgan fingerprint density at radius 2 is 1.67 bits per heavy atom. The normalized spacial score (nSPS) is 11.9. The van der Waals surface area contributed by atoms with Crippen molar-refractivity contribution in [2.24, 2.45) is 0 Å². The average Bonchev–Trinajstić information content (AvgIpc) is 2.63. The predicted octanol–water partition coefficient (Wildman–Crippen LogP) is 2.70. The number of sulfonamides is 1. The molecule has 0 amide bonds. The molecule has 2 rings (SSSR count). The van der Waals surface area contributed by atoms with Gasteiger partial charge in [0.25, 0.3) is 0 Å². The lowest BCUT2D eigenvalue weighted by Gasteiger charge is -2.12. The van der Waals surface area contributed by atoms with E-state index in [2.05, 4.69) is 9.71 Å². The molecule has 0 saturated heterocycles. The minimum atomic E-state index is -3.58. The van der Waals surface area contributed by atoms with E-state index in [-0.39, 0.29) is 6.54 Å². The van der Waals surface area contributed by atoms with E-state index in [0.717, 1.165) is 16.7 Å². The summed E-state index contributed by atoms with van der Waals surface area (Å²) in [6.45, 7) is 9.19. The molecule has 0 aliphatic carbocycles. The van der Waals surface area contributed by atoms with E-state index in [0.29, 0.717) is 22.2 Å². The molecule has 0 unspecified atom stereocenters. The summed E-state index contributed by atoms with van der Waals surface area (Å²) < 4.78 is 33.0. The Hall–Kier alpha value is -1.66. The van der Waals surface area contributed by atoms with Crippen LogP contribution in [0.4, 0.5) is 0 Å². The first-order chi connectivity index (χ1) is 9.70. The van der Waals surface area contributed by atoms with Crippen LogP contribution >= 0.6 is 0 Å². The van der Waals surface area contributed by atoms with Gasteiger partial charge in [-0.05, 0) is 38.8 Å². The summed E-state index contributed by atoms with van der Waals surface area (Å²) in [6, 6.07) is 3.73. The smallest absolute Gasteiger partial charge is 0.241 e. The number of oxazole rings is 1. The van der Waals surface area contributed by atoms with Gasteiger partial charge in [0.05, 0.1) is 17.1 Å². The van der Waals surface area contributed by atoms with Gasteiger partial charge in [-0.15, -0.1) is 0 Å². The molecular formula is C15H20N2O3S. The zero-order valence-corrected chi connectivity index (χ0v) is 13.8. The highest BCUT2D eigenvalue weighted by molar-refractivity contribution is 7.89. The number of nitrogens with zero attached hydrogens (tertiary/aromatic N) is 1. The molecule has 2 aromatic rings. The van der Waals surface area contributed by atoms with Crippen LogP contribution in [-0.4, -0.2) is 13.4 Å². The minimum absolute atomic E-state index is 0.0990. The number of aryl methyl sites for hydroxylation is 5. The third kappa shape index (κ3) is 3.33. The maximum absolute atomic E-state index is 12.5. The number of rotatable bonds is 4. The van der Waals surface area contributed by atoms with Crippen molar-refractivity contribution in [2.45, 2.75) is 46.1 Å². The van der Waals surface area contributed by atoms with Crippen molar-refractivity contribution >= 4 is 10.0 Å². The van der Waals surface area contributed by atoms with Crippen LogP contribution < -0.4 is 4.72 Å². The second-order valence-electron chi connectivity index (χ2n) is 5.29. The number of nitrogens with one attached hydrogen (secondary N) is 1. The lowest BCUT2D eigenvalue weighted by atomic mass is 10.1. The maximum Gasteiger partial charge on any atom is 0.241 e. The molecule has 114 valence electrons. The van der Waals surface area contributed by atoms with Crippen LogP contribution in [0.5, 0.6) is 0 Å². The van der Waals surface area contributed by atoms with Crippen LogP contribution in [0.3, 0.4) is 0 Å². The second-order valence-corrected chi connectivity index (χ2v) is 7.00. The Kier molecular flexibility index (Phi) is 4.20. The first-order valence-electron chi connectivity index (χ1n) is 6.71. The molecule has 0 radical (unpaired) electrons. The predicted molar refractivity (Wildman–Crippen MR) is 80.7 cm³/mol. The van der Waals surface area contributed by atoms with Gasteiger partial charge in [-0.25, -0.2) is 18.1 Å². The molecule has 0 saturated carbocycles. The van der Waals surface area contributed by atoms with E-state index >= 15 is 0 Å². The standard InChI is InChI=1S/C15H20N2O3S/c1-9-6-10(2)15(11(3)7-9)21(18,19)16-8-14-12(4)17-13(5)20-14/h6-7,16H,8H2,1-5H3. The van der Waals surface area contributed by atoms with Crippen molar-refractivity contribution in [3.05, 3.63) is 46.2 Å². The molecule has 0 bridgehead atoms. The Morgan fingerprint density at radius 1 is 1.10 bits per heavy atom. The van der Waals surface area contributed by atoms with Crippen LogP contribution in [0.25, 0.3) is 0 Å². The monoisotopic (exact) mass is 308 g/mol. The molecular weight excluding hydrogens is 288 g/mol. The minimum Gasteiger partial charge on any atom is -0.444 e. The van der Waals surface area contributed by atoms with Crippen LogP contribution in [0.15, 0.2) is 21.4 Å². The fraction of sp³-hybridized carbons (Fsp3) is 0.400. The molecule has 1 heterocycles. The van der Waals surface area contributed by atoms with Crippen molar-refractivity contribution in [3.8, 4) is 0 Å². The van der Waals surface area contributed by atoms with E-state index in [9.17, 15) is 8.42 Å². The Morgan fingerprint density at radius 3 is 2.14 bits per heavy atom. The van der Waals surface area contributed by atoms with Gasteiger partial charge in [0.15, 0.2) is 5.89 Å². The number of benzene rings is 1. The largest absolute Gasteiger partial charge is 0.444 e. The quantitative estimate of drug-likeness (QED) is 0.942. The van der Waals surface area contributed by atoms with Crippen LogP contribution in [0.1, 0.15) is 34.0 Å². The fourth-order valence-electron chi connectivity index (χ4n) is 2.56. The summed E-state index contributed by atoms with van der Waals surface area (Å²) in [5, 5.41) is 0. The SMILES string of the molecule is Cc1cc(C)c(S(=O)(=O)NCc2oc(C)nc2C)c(C)c1. The van der Waals surface area contributed by atoms with Gasteiger partial charge in [0.2, 0.25) is 10.0 Å². The fourth-order valence-corrected chi connectivity index (χ4v) is 3.99. The first-order valence-corrected chi connectivity index (χ1v) is 8.19. The van der Waals surface area contributed by atoms with Gasteiger partial charge in [0, 0.05) is 6.92 Å². The van der Waals surface area contributed by atoms with Crippen LogP contribution in [0.2, 0.25) is 0 Å². The van der Waals surface area contributed by atoms with E-state index in [1.54, 1.807) is 27.7 Å². The molecule has 0 atom stereocenters.